The third kappa shape index (κ3) is 5.58. The molecule has 0 amide bonds. The van der Waals surface area contributed by atoms with E-state index in [1.807, 2.05) is 13.0 Å². The molecule has 0 N–H and O–H groups in total. The van der Waals surface area contributed by atoms with Crippen LogP contribution >= 0.6 is 0 Å². The Morgan fingerprint density at radius 3 is 2.11 bits per heavy atom. The average molecular weight is 367 g/mol. The number of hydrogen-bond donors (Lipinski definition) is 0. The highest BCUT2D eigenvalue weighted by atomic mass is 16.6. The lowest BCUT2D eigenvalue weighted by atomic mass is 10.1. The molecule has 0 fully saturated rings. The van der Waals surface area contributed by atoms with Gasteiger partial charge in [0, 0.05) is 5.56 Å². The zero-order valence-corrected chi connectivity index (χ0v) is 15.5. The minimum atomic E-state index is -0.942. The van der Waals surface area contributed by atoms with Crippen LogP contribution in [0.5, 0.6) is 11.5 Å². The summed E-state index contributed by atoms with van der Waals surface area (Å²) in [6.45, 7) is 5.47. The summed E-state index contributed by atoms with van der Waals surface area (Å²) in [5, 5.41) is 8.78. The fraction of sp³-hybridized carbons (Fsp3) is 0.286. The van der Waals surface area contributed by atoms with Gasteiger partial charge in [0.1, 0.15) is 11.5 Å². The van der Waals surface area contributed by atoms with Crippen LogP contribution in [0.15, 0.2) is 48.5 Å². The third-order valence-electron chi connectivity index (χ3n) is 3.74. The van der Waals surface area contributed by atoms with Gasteiger partial charge in [0.05, 0.1) is 18.2 Å². The molecule has 2 aromatic rings. The number of ether oxygens (including phenoxy) is 3. The molecule has 0 saturated heterocycles. The second kappa shape index (κ2) is 9.39. The van der Waals surface area contributed by atoms with E-state index >= 15 is 0 Å². The first-order valence-electron chi connectivity index (χ1n) is 8.59. The molecule has 2 aromatic carbocycles. The van der Waals surface area contributed by atoms with Crippen LogP contribution in [0, 0.1) is 11.3 Å². The van der Waals surface area contributed by atoms with Gasteiger partial charge in [0.25, 0.3) is 0 Å². The first-order valence-corrected chi connectivity index (χ1v) is 8.59. The van der Waals surface area contributed by atoms with E-state index in [1.54, 1.807) is 48.5 Å². The molecule has 0 saturated carbocycles. The standard InChI is InChI=1S/C21H21NO5/c1-4-25-18-11-7-17(8-12-18)20(23)14(2)27-21(24)15(3)26-19-9-5-16(13-22)6-10-19/h5-12,14-15H,4H2,1-3H3/t14-,15-/m0/s1. The predicted molar refractivity (Wildman–Crippen MR) is 98.7 cm³/mol. The molecule has 0 heterocycles. The Bertz CT molecular complexity index is 821. The summed E-state index contributed by atoms with van der Waals surface area (Å²) in [5.41, 5.74) is 0.923. The van der Waals surface area contributed by atoms with E-state index in [4.69, 9.17) is 19.5 Å². The van der Waals surface area contributed by atoms with E-state index in [-0.39, 0.29) is 5.78 Å². The molecule has 0 aliphatic heterocycles. The van der Waals surface area contributed by atoms with Crippen molar-refractivity contribution in [1.82, 2.24) is 0 Å². The van der Waals surface area contributed by atoms with Crippen molar-refractivity contribution in [3.05, 3.63) is 59.7 Å². The first kappa shape index (κ1) is 20.0. The number of rotatable bonds is 8. The van der Waals surface area contributed by atoms with Gasteiger partial charge in [0.2, 0.25) is 5.78 Å². The molecule has 0 aliphatic rings. The van der Waals surface area contributed by atoms with E-state index in [0.29, 0.717) is 29.2 Å². The summed E-state index contributed by atoms with van der Waals surface area (Å²) in [4.78, 5) is 24.6. The van der Waals surface area contributed by atoms with Gasteiger partial charge in [-0.2, -0.15) is 5.26 Å². The minimum absolute atomic E-state index is 0.308. The van der Waals surface area contributed by atoms with Crippen molar-refractivity contribution in [3.8, 4) is 17.6 Å². The van der Waals surface area contributed by atoms with Crippen LogP contribution in [0.3, 0.4) is 0 Å². The second-order valence-electron chi connectivity index (χ2n) is 5.80. The zero-order chi connectivity index (χ0) is 19.8. The Morgan fingerprint density at radius 1 is 0.963 bits per heavy atom. The molecular formula is C21H21NO5. The van der Waals surface area contributed by atoms with Gasteiger partial charge in [-0.3, -0.25) is 4.79 Å². The van der Waals surface area contributed by atoms with Gasteiger partial charge in [-0.05, 0) is 69.3 Å². The maximum absolute atomic E-state index is 12.4. The van der Waals surface area contributed by atoms with Gasteiger partial charge in [-0.25, -0.2) is 4.79 Å². The smallest absolute Gasteiger partial charge is 0.347 e. The van der Waals surface area contributed by atoms with Gasteiger partial charge < -0.3 is 14.2 Å². The van der Waals surface area contributed by atoms with Gasteiger partial charge in [-0.1, -0.05) is 0 Å². The zero-order valence-electron chi connectivity index (χ0n) is 15.5. The number of nitrogens with zero attached hydrogens (tertiary/aromatic N) is 1. The number of benzene rings is 2. The molecule has 140 valence electrons. The fourth-order valence-corrected chi connectivity index (χ4v) is 2.30. The lowest BCUT2D eigenvalue weighted by Crippen LogP contribution is -2.32. The van der Waals surface area contributed by atoms with Gasteiger partial charge in [0.15, 0.2) is 12.2 Å². The molecular weight excluding hydrogens is 346 g/mol. The lowest BCUT2D eigenvalue weighted by molar-refractivity contribution is -0.153. The molecule has 0 spiro atoms. The number of ketones is 1. The van der Waals surface area contributed by atoms with E-state index < -0.39 is 18.2 Å². The van der Waals surface area contributed by atoms with E-state index in [9.17, 15) is 9.59 Å². The van der Waals surface area contributed by atoms with E-state index in [2.05, 4.69) is 0 Å². The van der Waals surface area contributed by atoms with E-state index in [0.717, 1.165) is 0 Å². The van der Waals surface area contributed by atoms with Crippen LogP contribution < -0.4 is 9.47 Å². The third-order valence-corrected chi connectivity index (χ3v) is 3.74. The lowest BCUT2D eigenvalue weighted by Gasteiger charge is -2.17. The van der Waals surface area contributed by atoms with Crippen LogP contribution in [-0.4, -0.2) is 30.6 Å². The SMILES string of the molecule is CCOc1ccc(C(=O)[C@H](C)OC(=O)[C@H](C)Oc2ccc(C#N)cc2)cc1. The highest BCUT2D eigenvalue weighted by Crippen LogP contribution is 2.16. The van der Waals surface area contributed by atoms with Gasteiger partial charge in [-0.15, -0.1) is 0 Å². The number of hydrogen-bond acceptors (Lipinski definition) is 6. The maximum Gasteiger partial charge on any atom is 0.347 e. The van der Waals surface area contributed by atoms with Crippen LogP contribution in [0.4, 0.5) is 0 Å². The van der Waals surface area contributed by atoms with Crippen LogP contribution in [0.2, 0.25) is 0 Å². The average Bonchev–Trinajstić information content (AvgIpc) is 2.68. The fourth-order valence-electron chi connectivity index (χ4n) is 2.30. The molecule has 0 aromatic heterocycles. The molecule has 0 bridgehead atoms. The minimum Gasteiger partial charge on any atom is -0.494 e. The summed E-state index contributed by atoms with van der Waals surface area (Å²) in [6, 6.07) is 15.0. The number of esters is 1. The highest BCUT2D eigenvalue weighted by Gasteiger charge is 2.24. The number of carbonyl (C=O) groups excluding carboxylic acids is 2. The van der Waals surface area contributed by atoms with Gasteiger partial charge >= 0.3 is 5.97 Å². The molecule has 0 aliphatic carbocycles. The molecule has 6 heteroatoms. The number of carbonyl (C=O) groups is 2. The quantitative estimate of drug-likeness (QED) is 0.524. The summed E-state index contributed by atoms with van der Waals surface area (Å²) >= 11 is 0. The van der Waals surface area contributed by atoms with Crippen molar-refractivity contribution in [3.63, 3.8) is 0 Å². The van der Waals surface area contributed by atoms with Crippen molar-refractivity contribution in [2.24, 2.45) is 0 Å². The van der Waals surface area contributed by atoms with Crippen molar-refractivity contribution in [1.29, 1.82) is 5.26 Å². The Kier molecular flexibility index (Phi) is 6.95. The second-order valence-corrected chi connectivity index (χ2v) is 5.80. The van der Waals surface area contributed by atoms with E-state index in [1.165, 1.54) is 13.8 Å². The monoisotopic (exact) mass is 367 g/mol. The predicted octanol–water partition coefficient (Wildman–Crippen LogP) is 3.54. The van der Waals surface area contributed by atoms with Crippen molar-refractivity contribution < 1.29 is 23.8 Å². The highest BCUT2D eigenvalue weighted by molar-refractivity contribution is 6.00. The largest absolute Gasteiger partial charge is 0.494 e. The van der Waals surface area contributed by atoms with Crippen molar-refractivity contribution in [2.45, 2.75) is 33.0 Å². The topological polar surface area (TPSA) is 85.6 Å². The van der Waals surface area contributed by atoms with Crippen molar-refractivity contribution >= 4 is 11.8 Å². The maximum atomic E-state index is 12.4. The Morgan fingerprint density at radius 2 is 1.56 bits per heavy atom. The molecule has 0 radical (unpaired) electrons. The van der Waals surface area contributed by atoms with Crippen molar-refractivity contribution in [2.75, 3.05) is 6.61 Å². The van der Waals surface area contributed by atoms with Crippen LogP contribution in [0.25, 0.3) is 0 Å². The normalized spacial score (nSPS) is 12.4. The summed E-state index contributed by atoms with van der Waals surface area (Å²) in [5.74, 6) is 0.148. The molecule has 6 nitrogen and oxygen atoms in total. The number of nitriles is 1. The Hall–Kier alpha value is -3.33. The number of Topliss-reactive ketones (excluding diaryl/α,β-unsaturated/α-hetero) is 1. The summed E-state index contributed by atoms with van der Waals surface area (Å²) in [7, 11) is 0. The first-order chi connectivity index (χ1) is 12.9. The summed E-state index contributed by atoms with van der Waals surface area (Å²) in [6.07, 6.45) is -1.84. The summed E-state index contributed by atoms with van der Waals surface area (Å²) < 4.78 is 16.1. The Balaban J connectivity index is 1.92. The van der Waals surface area contributed by atoms with Crippen LogP contribution in [0.1, 0.15) is 36.7 Å². The van der Waals surface area contributed by atoms with Crippen LogP contribution in [-0.2, 0) is 9.53 Å². The molecule has 2 rings (SSSR count). The molecule has 0 unspecified atom stereocenters. The molecule has 27 heavy (non-hydrogen) atoms. The Labute approximate surface area is 158 Å². The molecule has 2 atom stereocenters.